The Hall–Kier alpha value is -1.40. The quantitative estimate of drug-likeness (QED) is 0.661. The molecule has 0 bridgehead atoms. The molecular formula is C14H26N4O2. The zero-order valence-electron chi connectivity index (χ0n) is 12.9. The molecule has 0 radical (unpaired) electrons. The summed E-state index contributed by atoms with van der Waals surface area (Å²) in [6.07, 6.45) is 4.47. The summed E-state index contributed by atoms with van der Waals surface area (Å²) in [6.45, 7) is 8.53. The Balaban J connectivity index is 2.38. The van der Waals surface area contributed by atoms with Crippen LogP contribution in [-0.4, -0.2) is 41.3 Å². The summed E-state index contributed by atoms with van der Waals surface area (Å²) < 4.78 is 6.75. The number of hydrogen-bond acceptors (Lipinski definition) is 4. The standard InChI is InChI=1S/C14H26N4O2/c1-5-14(2,3)17-13(19)10-18-9-12(16-11-18)8-15-6-7-20-4/h9,11,15H,5-8,10H2,1-4H3,(H,17,19). The van der Waals surface area contributed by atoms with E-state index in [9.17, 15) is 4.79 Å². The highest BCUT2D eigenvalue weighted by Crippen LogP contribution is 2.06. The third kappa shape index (κ3) is 6.16. The van der Waals surface area contributed by atoms with Crippen LogP contribution in [0, 0.1) is 0 Å². The second kappa shape index (κ2) is 8.01. The minimum atomic E-state index is -0.164. The highest BCUT2D eigenvalue weighted by Gasteiger charge is 2.17. The summed E-state index contributed by atoms with van der Waals surface area (Å²) in [4.78, 5) is 16.2. The van der Waals surface area contributed by atoms with Crippen molar-refractivity contribution in [1.82, 2.24) is 20.2 Å². The van der Waals surface area contributed by atoms with Crippen molar-refractivity contribution in [2.24, 2.45) is 0 Å². The van der Waals surface area contributed by atoms with E-state index in [0.717, 1.165) is 18.7 Å². The number of nitrogens with one attached hydrogen (secondary N) is 2. The van der Waals surface area contributed by atoms with Gasteiger partial charge in [-0.25, -0.2) is 4.98 Å². The van der Waals surface area contributed by atoms with Crippen LogP contribution in [0.5, 0.6) is 0 Å². The van der Waals surface area contributed by atoms with Crippen molar-refractivity contribution < 1.29 is 9.53 Å². The van der Waals surface area contributed by atoms with Crippen LogP contribution in [-0.2, 0) is 22.6 Å². The van der Waals surface area contributed by atoms with Gasteiger partial charge in [0.2, 0.25) is 5.91 Å². The molecule has 1 amide bonds. The van der Waals surface area contributed by atoms with Crippen LogP contribution in [0.15, 0.2) is 12.5 Å². The number of ether oxygens (including phenoxy) is 1. The minimum Gasteiger partial charge on any atom is -0.383 e. The molecule has 6 heteroatoms. The van der Waals surface area contributed by atoms with Gasteiger partial charge in [-0.15, -0.1) is 0 Å². The molecule has 1 heterocycles. The molecule has 0 aromatic carbocycles. The van der Waals surface area contributed by atoms with Gasteiger partial charge in [-0.1, -0.05) is 6.92 Å². The van der Waals surface area contributed by atoms with E-state index in [-0.39, 0.29) is 11.4 Å². The van der Waals surface area contributed by atoms with Gasteiger partial charge in [0.25, 0.3) is 0 Å². The maximum atomic E-state index is 11.9. The van der Waals surface area contributed by atoms with Gasteiger partial charge < -0.3 is 19.9 Å². The van der Waals surface area contributed by atoms with Gasteiger partial charge in [0.05, 0.1) is 18.6 Å². The molecule has 0 unspecified atom stereocenters. The van der Waals surface area contributed by atoms with Crippen molar-refractivity contribution in [1.29, 1.82) is 0 Å². The number of aromatic nitrogens is 2. The maximum Gasteiger partial charge on any atom is 0.240 e. The lowest BCUT2D eigenvalue weighted by atomic mass is 10.0. The summed E-state index contributed by atoms with van der Waals surface area (Å²) >= 11 is 0. The van der Waals surface area contributed by atoms with Crippen molar-refractivity contribution >= 4 is 5.91 Å². The first kappa shape index (κ1) is 16.7. The zero-order chi connectivity index (χ0) is 15.0. The summed E-state index contributed by atoms with van der Waals surface area (Å²) in [5.74, 6) is 0.00754. The smallest absolute Gasteiger partial charge is 0.240 e. The van der Waals surface area contributed by atoms with Crippen molar-refractivity contribution in [3.8, 4) is 0 Å². The molecule has 1 aromatic rings. The lowest BCUT2D eigenvalue weighted by Crippen LogP contribution is -2.44. The van der Waals surface area contributed by atoms with Crippen LogP contribution in [0.2, 0.25) is 0 Å². The Bertz CT molecular complexity index is 415. The average Bonchev–Trinajstić information content (AvgIpc) is 2.81. The van der Waals surface area contributed by atoms with Crippen LogP contribution in [0.25, 0.3) is 0 Å². The number of amides is 1. The van der Waals surface area contributed by atoms with Crippen LogP contribution >= 0.6 is 0 Å². The lowest BCUT2D eigenvalue weighted by Gasteiger charge is -2.24. The first-order chi connectivity index (χ1) is 9.46. The molecule has 0 spiro atoms. The normalized spacial score (nSPS) is 11.6. The molecule has 0 saturated heterocycles. The lowest BCUT2D eigenvalue weighted by molar-refractivity contribution is -0.123. The second-order valence-corrected chi connectivity index (χ2v) is 5.49. The van der Waals surface area contributed by atoms with E-state index in [1.807, 2.05) is 20.0 Å². The summed E-state index contributed by atoms with van der Waals surface area (Å²) in [5, 5.41) is 6.22. The number of rotatable bonds is 9. The van der Waals surface area contributed by atoms with Gasteiger partial charge in [-0.3, -0.25) is 4.79 Å². The van der Waals surface area contributed by atoms with Crippen LogP contribution in [0.4, 0.5) is 0 Å². The second-order valence-electron chi connectivity index (χ2n) is 5.49. The Kier molecular flexibility index (Phi) is 6.67. The average molecular weight is 282 g/mol. The van der Waals surface area contributed by atoms with Crippen molar-refractivity contribution in [2.75, 3.05) is 20.3 Å². The highest BCUT2D eigenvalue weighted by atomic mass is 16.5. The molecule has 1 aromatic heterocycles. The van der Waals surface area contributed by atoms with Crippen LogP contribution in [0.1, 0.15) is 32.9 Å². The van der Waals surface area contributed by atoms with Crippen LogP contribution < -0.4 is 10.6 Å². The Morgan fingerprint density at radius 1 is 1.50 bits per heavy atom. The number of hydrogen-bond donors (Lipinski definition) is 2. The van der Waals surface area contributed by atoms with Crippen LogP contribution in [0.3, 0.4) is 0 Å². The summed E-state index contributed by atoms with van der Waals surface area (Å²) in [7, 11) is 1.67. The van der Waals surface area contributed by atoms with Gasteiger partial charge in [-0.05, 0) is 20.3 Å². The predicted molar refractivity (Wildman–Crippen MR) is 78.3 cm³/mol. The van der Waals surface area contributed by atoms with Gasteiger partial charge in [0.15, 0.2) is 0 Å². The zero-order valence-corrected chi connectivity index (χ0v) is 12.9. The molecule has 6 nitrogen and oxygen atoms in total. The fourth-order valence-corrected chi connectivity index (χ4v) is 1.65. The molecule has 1 rings (SSSR count). The summed E-state index contributed by atoms with van der Waals surface area (Å²) in [5.41, 5.74) is 0.756. The number of carbonyl (C=O) groups excluding carboxylic acids is 1. The Morgan fingerprint density at radius 3 is 2.90 bits per heavy atom. The van der Waals surface area contributed by atoms with Crippen molar-refractivity contribution in [2.45, 2.75) is 45.8 Å². The van der Waals surface area contributed by atoms with E-state index in [4.69, 9.17) is 4.74 Å². The first-order valence-electron chi connectivity index (χ1n) is 6.98. The summed E-state index contributed by atoms with van der Waals surface area (Å²) in [6, 6.07) is 0. The number of carbonyl (C=O) groups is 1. The number of nitrogens with zero attached hydrogens (tertiary/aromatic N) is 2. The molecule has 2 N–H and O–H groups in total. The van der Waals surface area contributed by atoms with E-state index in [1.165, 1.54) is 0 Å². The highest BCUT2D eigenvalue weighted by molar-refractivity contribution is 5.76. The molecule has 0 aliphatic heterocycles. The van der Waals surface area contributed by atoms with Gasteiger partial charge in [0, 0.05) is 31.9 Å². The van der Waals surface area contributed by atoms with E-state index in [2.05, 4.69) is 22.5 Å². The topological polar surface area (TPSA) is 68.2 Å². The van der Waals surface area contributed by atoms with Crippen molar-refractivity contribution in [3.05, 3.63) is 18.2 Å². The molecule has 0 aliphatic rings. The monoisotopic (exact) mass is 282 g/mol. The molecule has 114 valence electrons. The maximum absolute atomic E-state index is 11.9. The first-order valence-corrected chi connectivity index (χ1v) is 6.98. The van der Waals surface area contributed by atoms with Gasteiger partial charge >= 0.3 is 0 Å². The number of imidazole rings is 1. The molecule has 0 fully saturated rings. The Morgan fingerprint density at radius 2 is 2.25 bits per heavy atom. The third-order valence-corrected chi connectivity index (χ3v) is 3.16. The molecule has 0 saturated carbocycles. The molecular weight excluding hydrogens is 256 g/mol. The molecule has 0 aliphatic carbocycles. The number of methoxy groups -OCH3 is 1. The predicted octanol–water partition coefficient (Wildman–Crippen LogP) is 0.924. The van der Waals surface area contributed by atoms with Gasteiger partial charge in [-0.2, -0.15) is 0 Å². The SMILES string of the molecule is CCC(C)(C)NC(=O)Cn1cnc(CNCCOC)c1. The van der Waals surface area contributed by atoms with E-state index < -0.39 is 0 Å². The molecule has 20 heavy (non-hydrogen) atoms. The largest absolute Gasteiger partial charge is 0.383 e. The Labute approximate surface area is 120 Å². The minimum absolute atomic E-state index is 0.00754. The fraction of sp³-hybridized carbons (Fsp3) is 0.714. The van der Waals surface area contributed by atoms with E-state index in [1.54, 1.807) is 18.0 Å². The molecule has 0 atom stereocenters. The van der Waals surface area contributed by atoms with Gasteiger partial charge in [0.1, 0.15) is 6.54 Å². The third-order valence-electron chi connectivity index (χ3n) is 3.16. The fourth-order valence-electron chi connectivity index (χ4n) is 1.65. The van der Waals surface area contributed by atoms with E-state index in [0.29, 0.717) is 19.7 Å². The van der Waals surface area contributed by atoms with E-state index >= 15 is 0 Å². The van der Waals surface area contributed by atoms with Crippen molar-refractivity contribution in [3.63, 3.8) is 0 Å².